The van der Waals surface area contributed by atoms with Crippen molar-refractivity contribution in [2.75, 3.05) is 6.54 Å². The molecule has 0 bridgehead atoms. The lowest BCUT2D eigenvalue weighted by Crippen LogP contribution is -2.43. The fraction of sp³-hybridized carbons (Fsp3) is 0.800. The van der Waals surface area contributed by atoms with Gasteiger partial charge in [0.15, 0.2) is 0 Å². The third-order valence-electron chi connectivity index (χ3n) is 2.20. The van der Waals surface area contributed by atoms with E-state index in [-0.39, 0.29) is 6.54 Å². The van der Waals surface area contributed by atoms with Crippen molar-refractivity contribution in [2.45, 2.75) is 39.2 Å². The van der Waals surface area contributed by atoms with E-state index in [1.807, 2.05) is 6.92 Å². The summed E-state index contributed by atoms with van der Waals surface area (Å²) in [5.41, 5.74) is -0.970. The van der Waals surface area contributed by atoms with Crippen molar-refractivity contribution in [2.24, 2.45) is 5.92 Å². The van der Waals surface area contributed by atoms with Gasteiger partial charge in [-0.25, -0.2) is 0 Å². The van der Waals surface area contributed by atoms with Crippen LogP contribution in [0.2, 0.25) is 0 Å². The first-order valence-corrected chi connectivity index (χ1v) is 5.03. The molecular weight excluding hydrogens is 198 g/mol. The molecule has 1 amide bonds. The van der Waals surface area contributed by atoms with Crippen molar-refractivity contribution in [1.29, 1.82) is 0 Å². The summed E-state index contributed by atoms with van der Waals surface area (Å²) in [5.74, 6) is -2.82. The molecule has 5 nitrogen and oxygen atoms in total. The quantitative estimate of drug-likeness (QED) is 0.561. The molecule has 0 aromatic rings. The van der Waals surface area contributed by atoms with Crippen molar-refractivity contribution < 1.29 is 19.8 Å². The van der Waals surface area contributed by atoms with Crippen molar-refractivity contribution in [3.63, 3.8) is 0 Å². The zero-order chi connectivity index (χ0) is 12.1. The van der Waals surface area contributed by atoms with Gasteiger partial charge in [0.2, 0.25) is 5.91 Å². The molecule has 0 heterocycles. The van der Waals surface area contributed by atoms with Crippen molar-refractivity contribution in [3.05, 3.63) is 0 Å². The van der Waals surface area contributed by atoms with Crippen molar-refractivity contribution in [3.8, 4) is 0 Å². The number of carbonyl (C=O) groups is 2. The smallest absolute Gasteiger partial charge is 0.315 e. The van der Waals surface area contributed by atoms with Crippen LogP contribution in [-0.2, 0) is 9.59 Å². The van der Waals surface area contributed by atoms with Crippen LogP contribution >= 0.6 is 0 Å². The predicted octanol–water partition coefficient (Wildman–Crippen LogP) is 0.374. The van der Waals surface area contributed by atoms with E-state index in [4.69, 9.17) is 5.11 Å². The van der Waals surface area contributed by atoms with Crippen LogP contribution in [0.1, 0.15) is 33.6 Å². The summed E-state index contributed by atoms with van der Waals surface area (Å²) in [6.07, 6.45) is 1.37. The Morgan fingerprint density at radius 3 is 2.40 bits per heavy atom. The average molecular weight is 217 g/mol. The lowest BCUT2D eigenvalue weighted by atomic mass is 10.0. The SMILES string of the molecule is CCCC(C)(O)CNC(=O)C(C)C(=O)O. The summed E-state index contributed by atoms with van der Waals surface area (Å²) in [4.78, 5) is 21.7. The fourth-order valence-corrected chi connectivity index (χ4v) is 1.17. The van der Waals surface area contributed by atoms with Gasteiger partial charge < -0.3 is 15.5 Å². The monoisotopic (exact) mass is 217 g/mol. The summed E-state index contributed by atoms with van der Waals surface area (Å²) in [5, 5.41) is 20.7. The van der Waals surface area contributed by atoms with Crippen molar-refractivity contribution >= 4 is 11.9 Å². The summed E-state index contributed by atoms with van der Waals surface area (Å²) in [7, 11) is 0. The van der Waals surface area contributed by atoms with Crippen LogP contribution in [0.3, 0.4) is 0 Å². The zero-order valence-electron chi connectivity index (χ0n) is 9.41. The Balaban J connectivity index is 4.05. The van der Waals surface area contributed by atoms with E-state index in [9.17, 15) is 14.7 Å². The highest BCUT2D eigenvalue weighted by Gasteiger charge is 2.24. The van der Waals surface area contributed by atoms with Gasteiger partial charge in [-0.2, -0.15) is 0 Å². The Kier molecular flexibility index (Phi) is 5.28. The molecule has 0 aliphatic heterocycles. The molecule has 0 fully saturated rings. The maximum Gasteiger partial charge on any atom is 0.315 e. The largest absolute Gasteiger partial charge is 0.481 e. The first kappa shape index (κ1) is 13.9. The molecular formula is C10H19NO4. The van der Waals surface area contributed by atoms with Crippen LogP contribution in [0.25, 0.3) is 0 Å². The van der Waals surface area contributed by atoms with Gasteiger partial charge in [-0.15, -0.1) is 0 Å². The molecule has 0 rings (SSSR count). The number of aliphatic hydroxyl groups is 1. The van der Waals surface area contributed by atoms with Gasteiger partial charge >= 0.3 is 5.97 Å². The molecule has 0 spiro atoms. The maximum absolute atomic E-state index is 11.2. The van der Waals surface area contributed by atoms with E-state index >= 15 is 0 Å². The predicted molar refractivity (Wildman–Crippen MR) is 55.3 cm³/mol. The molecule has 0 aromatic carbocycles. The number of aliphatic carboxylic acids is 1. The molecule has 88 valence electrons. The molecule has 0 aromatic heterocycles. The third-order valence-corrected chi connectivity index (χ3v) is 2.20. The van der Waals surface area contributed by atoms with E-state index in [0.717, 1.165) is 6.42 Å². The Morgan fingerprint density at radius 2 is 2.00 bits per heavy atom. The summed E-state index contributed by atoms with van der Waals surface area (Å²) >= 11 is 0. The number of carboxylic acids is 1. The maximum atomic E-state index is 11.2. The second-order valence-corrected chi connectivity index (χ2v) is 4.02. The Bertz CT molecular complexity index is 238. The topological polar surface area (TPSA) is 86.6 Å². The third kappa shape index (κ3) is 5.37. The van der Waals surface area contributed by atoms with Gasteiger partial charge in [-0.1, -0.05) is 13.3 Å². The van der Waals surface area contributed by atoms with Gasteiger partial charge in [0.1, 0.15) is 5.92 Å². The van der Waals surface area contributed by atoms with Crippen LogP contribution in [0, 0.1) is 5.92 Å². The summed E-state index contributed by atoms with van der Waals surface area (Å²) in [6, 6.07) is 0. The standard InChI is InChI=1S/C10H19NO4/c1-4-5-10(3,15)6-11-8(12)7(2)9(13)14/h7,15H,4-6H2,1-3H3,(H,11,12)(H,13,14). The normalized spacial score (nSPS) is 16.5. The first-order chi connectivity index (χ1) is 6.80. The first-order valence-electron chi connectivity index (χ1n) is 5.03. The molecule has 0 saturated heterocycles. The summed E-state index contributed by atoms with van der Waals surface area (Å²) in [6.45, 7) is 4.93. The molecule has 0 aliphatic carbocycles. The molecule has 0 saturated carbocycles. The van der Waals surface area contributed by atoms with Crippen LogP contribution in [-0.4, -0.2) is 34.2 Å². The molecule has 2 unspecified atom stereocenters. The minimum atomic E-state index is -1.16. The van der Waals surface area contributed by atoms with Crippen LogP contribution in [0.15, 0.2) is 0 Å². The lowest BCUT2D eigenvalue weighted by Gasteiger charge is -2.23. The highest BCUT2D eigenvalue weighted by Crippen LogP contribution is 2.10. The zero-order valence-corrected chi connectivity index (χ0v) is 9.41. The van der Waals surface area contributed by atoms with Crippen LogP contribution in [0.4, 0.5) is 0 Å². The molecule has 0 radical (unpaired) electrons. The minimum Gasteiger partial charge on any atom is -0.481 e. The number of hydrogen-bond acceptors (Lipinski definition) is 3. The molecule has 3 N–H and O–H groups in total. The van der Waals surface area contributed by atoms with Gasteiger partial charge in [0.05, 0.1) is 5.60 Å². The van der Waals surface area contributed by atoms with E-state index < -0.39 is 23.4 Å². The van der Waals surface area contributed by atoms with Gasteiger partial charge in [-0.05, 0) is 20.3 Å². The number of rotatable bonds is 6. The van der Waals surface area contributed by atoms with E-state index in [2.05, 4.69) is 5.32 Å². The van der Waals surface area contributed by atoms with Crippen molar-refractivity contribution in [1.82, 2.24) is 5.32 Å². The molecule has 5 heteroatoms. The van der Waals surface area contributed by atoms with Gasteiger partial charge in [-0.3, -0.25) is 9.59 Å². The summed E-state index contributed by atoms with van der Waals surface area (Å²) < 4.78 is 0. The highest BCUT2D eigenvalue weighted by molar-refractivity contribution is 5.96. The number of carbonyl (C=O) groups excluding carboxylic acids is 1. The van der Waals surface area contributed by atoms with E-state index in [1.54, 1.807) is 6.92 Å². The Morgan fingerprint density at radius 1 is 1.47 bits per heavy atom. The molecule has 0 aliphatic rings. The van der Waals surface area contributed by atoms with Crippen LogP contribution < -0.4 is 5.32 Å². The number of nitrogens with one attached hydrogen (secondary N) is 1. The van der Waals surface area contributed by atoms with Crippen LogP contribution in [0.5, 0.6) is 0 Å². The second-order valence-electron chi connectivity index (χ2n) is 4.02. The van der Waals surface area contributed by atoms with E-state index in [0.29, 0.717) is 6.42 Å². The number of carboxylic acid groups (broad SMARTS) is 1. The Labute approximate surface area is 89.5 Å². The van der Waals surface area contributed by atoms with E-state index in [1.165, 1.54) is 6.92 Å². The lowest BCUT2D eigenvalue weighted by molar-refractivity contribution is -0.146. The number of amides is 1. The van der Waals surface area contributed by atoms with Gasteiger partial charge in [0.25, 0.3) is 0 Å². The second kappa shape index (κ2) is 5.70. The number of hydrogen-bond donors (Lipinski definition) is 3. The highest BCUT2D eigenvalue weighted by atomic mass is 16.4. The minimum absolute atomic E-state index is 0.0806. The van der Waals surface area contributed by atoms with Gasteiger partial charge in [0, 0.05) is 6.54 Å². The molecule has 2 atom stereocenters. The molecule has 15 heavy (non-hydrogen) atoms. The fourth-order valence-electron chi connectivity index (χ4n) is 1.17. The average Bonchev–Trinajstić information content (AvgIpc) is 2.13. The Hall–Kier alpha value is -1.10.